The van der Waals surface area contributed by atoms with Crippen LogP contribution in [0.2, 0.25) is 0 Å². The lowest BCUT2D eigenvalue weighted by Crippen LogP contribution is -2.00. The molecule has 0 atom stereocenters. The molecule has 0 aliphatic rings. The molecule has 0 radical (unpaired) electrons. The Kier molecular flexibility index (Phi) is 3.01. The van der Waals surface area contributed by atoms with Gasteiger partial charge in [-0.05, 0) is 13.8 Å². The van der Waals surface area contributed by atoms with E-state index in [1.807, 2.05) is 13.0 Å². The first-order valence-corrected chi connectivity index (χ1v) is 4.13. The van der Waals surface area contributed by atoms with Gasteiger partial charge in [-0.3, -0.25) is 9.78 Å². The number of hydrogen-bond donors (Lipinski definition) is 0. The van der Waals surface area contributed by atoms with Crippen molar-refractivity contribution in [3.8, 4) is 5.75 Å². The van der Waals surface area contributed by atoms with Crippen molar-refractivity contribution in [3.63, 3.8) is 0 Å². The first kappa shape index (κ1) is 9.71. The fourth-order valence-corrected chi connectivity index (χ4v) is 1.17. The molecule has 0 aliphatic carbocycles. The van der Waals surface area contributed by atoms with Crippen LogP contribution in [0, 0.1) is 6.92 Å². The SMILES string of the molecule is COc1cc(C)nc(CC(C)=O)c1. The van der Waals surface area contributed by atoms with E-state index >= 15 is 0 Å². The van der Waals surface area contributed by atoms with Crippen LogP contribution < -0.4 is 4.74 Å². The number of carbonyl (C=O) groups excluding carboxylic acids is 1. The van der Waals surface area contributed by atoms with Gasteiger partial charge in [0.05, 0.1) is 12.8 Å². The minimum atomic E-state index is 0.111. The maximum absolute atomic E-state index is 10.8. The van der Waals surface area contributed by atoms with E-state index in [0.717, 1.165) is 17.1 Å². The number of carbonyl (C=O) groups is 1. The Hall–Kier alpha value is -1.38. The van der Waals surface area contributed by atoms with Gasteiger partial charge in [-0.15, -0.1) is 0 Å². The molecule has 0 spiro atoms. The first-order chi connectivity index (χ1) is 6.11. The second kappa shape index (κ2) is 4.03. The van der Waals surface area contributed by atoms with E-state index in [0.29, 0.717) is 6.42 Å². The number of aryl methyl sites for hydroxylation is 1. The van der Waals surface area contributed by atoms with Crippen LogP contribution in [0.4, 0.5) is 0 Å². The summed E-state index contributed by atoms with van der Waals surface area (Å²) in [5, 5.41) is 0. The van der Waals surface area contributed by atoms with Crippen LogP contribution in [0.5, 0.6) is 5.75 Å². The summed E-state index contributed by atoms with van der Waals surface area (Å²) in [6.07, 6.45) is 0.373. The summed E-state index contributed by atoms with van der Waals surface area (Å²) in [7, 11) is 1.60. The quantitative estimate of drug-likeness (QED) is 0.706. The van der Waals surface area contributed by atoms with Gasteiger partial charge < -0.3 is 4.74 Å². The molecule has 0 saturated heterocycles. The summed E-state index contributed by atoms with van der Waals surface area (Å²) >= 11 is 0. The Morgan fingerprint density at radius 3 is 2.77 bits per heavy atom. The topological polar surface area (TPSA) is 39.2 Å². The van der Waals surface area contributed by atoms with Gasteiger partial charge in [-0.2, -0.15) is 0 Å². The minimum absolute atomic E-state index is 0.111. The van der Waals surface area contributed by atoms with Gasteiger partial charge in [0.1, 0.15) is 11.5 Å². The van der Waals surface area contributed by atoms with Crippen molar-refractivity contribution in [1.29, 1.82) is 0 Å². The van der Waals surface area contributed by atoms with Crippen LogP contribution in [0.15, 0.2) is 12.1 Å². The van der Waals surface area contributed by atoms with E-state index in [9.17, 15) is 4.79 Å². The van der Waals surface area contributed by atoms with Crippen LogP contribution >= 0.6 is 0 Å². The number of nitrogens with zero attached hydrogens (tertiary/aromatic N) is 1. The van der Waals surface area contributed by atoms with E-state index in [2.05, 4.69) is 4.98 Å². The third kappa shape index (κ3) is 2.86. The van der Waals surface area contributed by atoms with Crippen LogP contribution in [0.1, 0.15) is 18.3 Å². The highest BCUT2D eigenvalue weighted by molar-refractivity contribution is 5.77. The zero-order chi connectivity index (χ0) is 9.84. The maximum atomic E-state index is 10.8. The summed E-state index contributed by atoms with van der Waals surface area (Å²) in [5.74, 6) is 0.865. The summed E-state index contributed by atoms with van der Waals surface area (Å²) < 4.78 is 5.07. The maximum Gasteiger partial charge on any atom is 0.135 e. The van der Waals surface area contributed by atoms with Crippen molar-refractivity contribution in [1.82, 2.24) is 4.98 Å². The number of aromatic nitrogens is 1. The lowest BCUT2D eigenvalue weighted by atomic mass is 10.2. The lowest BCUT2D eigenvalue weighted by molar-refractivity contribution is -0.116. The number of pyridine rings is 1. The Bertz CT molecular complexity index is 321. The molecule has 0 unspecified atom stereocenters. The third-order valence-electron chi connectivity index (χ3n) is 1.65. The van der Waals surface area contributed by atoms with E-state index < -0.39 is 0 Å². The largest absolute Gasteiger partial charge is 0.497 e. The van der Waals surface area contributed by atoms with Crippen molar-refractivity contribution in [2.24, 2.45) is 0 Å². The smallest absolute Gasteiger partial charge is 0.135 e. The molecule has 70 valence electrons. The summed E-state index contributed by atoms with van der Waals surface area (Å²) in [6.45, 7) is 3.43. The number of rotatable bonds is 3. The van der Waals surface area contributed by atoms with Gasteiger partial charge in [0.2, 0.25) is 0 Å². The molecule has 3 heteroatoms. The molecule has 0 fully saturated rings. The molecular formula is C10H13NO2. The number of ether oxygens (including phenoxy) is 1. The molecule has 1 heterocycles. The van der Waals surface area contributed by atoms with Crippen LogP contribution in [0.25, 0.3) is 0 Å². The second-order valence-corrected chi connectivity index (χ2v) is 3.02. The molecule has 0 N–H and O–H groups in total. The molecule has 1 aromatic heterocycles. The van der Waals surface area contributed by atoms with Gasteiger partial charge in [0.15, 0.2) is 0 Å². The standard InChI is InChI=1S/C10H13NO2/c1-7-4-10(13-3)6-9(11-7)5-8(2)12/h4,6H,5H2,1-3H3. The number of ketones is 1. The Labute approximate surface area is 77.8 Å². The van der Waals surface area contributed by atoms with E-state index in [-0.39, 0.29) is 5.78 Å². The van der Waals surface area contributed by atoms with Crippen molar-refractivity contribution in [2.75, 3.05) is 7.11 Å². The predicted molar refractivity (Wildman–Crippen MR) is 49.9 cm³/mol. The molecule has 3 nitrogen and oxygen atoms in total. The molecule has 1 aromatic rings. The zero-order valence-corrected chi connectivity index (χ0v) is 8.13. The van der Waals surface area contributed by atoms with Gasteiger partial charge >= 0.3 is 0 Å². The highest BCUT2D eigenvalue weighted by Gasteiger charge is 2.02. The van der Waals surface area contributed by atoms with Crippen LogP contribution in [-0.2, 0) is 11.2 Å². The van der Waals surface area contributed by atoms with Crippen LogP contribution in [0.3, 0.4) is 0 Å². The van der Waals surface area contributed by atoms with Crippen molar-refractivity contribution in [2.45, 2.75) is 20.3 Å². The second-order valence-electron chi connectivity index (χ2n) is 3.02. The molecular weight excluding hydrogens is 166 g/mol. The number of hydrogen-bond acceptors (Lipinski definition) is 3. The third-order valence-corrected chi connectivity index (χ3v) is 1.65. The number of Topliss-reactive ketones (excluding diaryl/α,β-unsaturated/α-hetero) is 1. The Morgan fingerprint density at radius 1 is 1.54 bits per heavy atom. The fraction of sp³-hybridized carbons (Fsp3) is 0.400. The molecule has 0 amide bonds. The first-order valence-electron chi connectivity index (χ1n) is 4.13. The normalized spacial score (nSPS) is 9.77. The fourth-order valence-electron chi connectivity index (χ4n) is 1.17. The number of methoxy groups -OCH3 is 1. The molecule has 13 heavy (non-hydrogen) atoms. The van der Waals surface area contributed by atoms with Gasteiger partial charge in [0, 0.05) is 24.2 Å². The van der Waals surface area contributed by atoms with E-state index in [1.54, 1.807) is 20.1 Å². The van der Waals surface area contributed by atoms with E-state index in [1.165, 1.54) is 0 Å². The lowest BCUT2D eigenvalue weighted by Gasteiger charge is -2.03. The van der Waals surface area contributed by atoms with Crippen molar-refractivity contribution < 1.29 is 9.53 Å². The molecule has 0 bridgehead atoms. The average Bonchev–Trinajstić information content (AvgIpc) is 2.01. The molecule has 1 rings (SSSR count). The van der Waals surface area contributed by atoms with Crippen molar-refractivity contribution in [3.05, 3.63) is 23.5 Å². The Morgan fingerprint density at radius 2 is 2.23 bits per heavy atom. The van der Waals surface area contributed by atoms with Gasteiger partial charge in [-0.1, -0.05) is 0 Å². The van der Waals surface area contributed by atoms with E-state index in [4.69, 9.17) is 4.74 Å². The van der Waals surface area contributed by atoms with Crippen molar-refractivity contribution >= 4 is 5.78 Å². The minimum Gasteiger partial charge on any atom is -0.497 e. The monoisotopic (exact) mass is 179 g/mol. The van der Waals surface area contributed by atoms with Gasteiger partial charge in [0.25, 0.3) is 0 Å². The summed E-state index contributed by atoms with van der Waals surface area (Å²) in [6, 6.07) is 3.62. The Balaban J connectivity index is 2.94. The zero-order valence-electron chi connectivity index (χ0n) is 8.13. The summed E-state index contributed by atoms with van der Waals surface area (Å²) in [5.41, 5.74) is 1.64. The highest BCUT2D eigenvalue weighted by Crippen LogP contribution is 2.13. The molecule has 0 aromatic carbocycles. The van der Waals surface area contributed by atoms with Gasteiger partial charge in [-0.25, -0.2) is 0 Å². The average molecular weight is 179 g/mol. The predicted octanol–water partition coefficient (Wildman–Crippen LogP) is 1.53. The molecule has 0 aliphatic heterocycles. The van der Waals surface area contributed by atoms with Crippen LogP contribution in [-0.4, -0.2) is 17.9 Å². The molecule has 0 saturated carbocycles. The summed E-state index contributed by atoms with van der Waals surface area (Å²) in [4.78, 5) is 15.1. The highest BCUT2D eigenvalue weighted by atomic mass is 16.5.